The monoisotopic (exact) mass is 392 g/mol. The number of nitrogens with zero attached hydrogens (tertiary/aromatic N) is 1. The summed E-state index contributed by atoms with van der Waals surface area (Å²) >= 11 is 1.59. The van der Waals surface area contributed by atoms with Crippen LogP contribution in [0.1, 0.15) is 22.9 Å². The Morgan fingerprint density at radius 3 is 2.39 bits per heavy atom. The van der Waals surface area contributed by atoms with Crippen LogP contribution in [0.25, 0.3) is 0 Å². The number of amidine groups is 1. The summed E-state index contributed by atoms with van der Waals surface area (Å²) in [4.78, 5) is 16.5. The average Bonchev–Trinajstić information content (AvgIpc) is 3.22. The molecule has 2 aromatic carbocycles. The summed E-state index contributed by atoms with van der Waals surface area (Å²) in [6, 6.07) is 20.0. The van der Waals surface area contributed by atoms with Gasteiger partial charge in [0.2, 0.25) is 5.91 Å². The Bertz CT molecular complexity index is 916. The number of benzene rings is 2. The SMILES string of the molecule is CC(=O)Nc1ccc(CNCCc2ccc(N=C(N)c3cccs3)cc2)cc1. The van der Waals surface area contributed by atoms with E-state index in [1.54, 1.807) is 11.3 Å². The van der Waals surface area contributed by atoms with Crippen LogP contribution in [0.4, 0.5) is 11.4 Å². The first kappa shape index (κ1) is 19.8. The zero-order chi connectivity index (χ0) is 19.8. The maximum absolute atomic E-state index is 11.0. The van der Waals surface area contributed by atoms with Crippen LogP contribution < -0.4 is 16.4 Å². The summed E-state index contributed by atoms with van der Waals surface area (Å²) in [5, 5.41) is 8.20. The zero-order valence-electron chi connectivity index (χ0n) is 15.8. The molecule has 0 atom stereocenters. The van der Waals surface area contributed by atoms with E-state index in [0.717, 1.165) is 35.8 Å². The van der Waals surface area contributed by atoms with Gasteiger partial charge in [0.15, 0.2) is 0 Å². The minimum atomic E-state index is -0.0585. The Morgan fingerprint density at radius 2 is 1.75 bits per heavy atom. The topological polar surface area (TPSA) is 79.5 Å². The molecule has 0 aliphatic rings. The lowest BCUT2D eigenvalue weighted by Gasteiger charge is -2.07. The van der Waals surface area contributed by atoms with Gasteiger partial charge < -0.3 is 16.4 Å². The molecule has 0 bridgehead atoms. The Hall–Kier alpha value is -2.96. The van der Waals surface area contributed by atoms with Crippen molar-refractivity contribution in [2.75, 3.05) is 11.9 Å². The molecular formula is C22H24N4OS. The van der Waals surface area contributed by atoms with Crippen molar-refractivity contribution in [1.82, 2.24) is 5.32 Å². The van der Waals surface area contributed by atoms with E-state index in [0.29, 0.717) is 5.84 Å². The van der Waals surface area contributed by atoms with Gasteiger partial charge in [-0.2, -0.15) is 0 Å². The van der Waals surface area contributed by atoms with Crippen molar-refractivity contribution in [3.05, 3.63) is 82.0 Å². The van der Waals surface area contributed by atoms with E-state index in [1.165, 1.54) is 18.1 Å². The zero-order valence-corrected chi connectivity index (χ0v) is 16.6. The number of anilines is 1. The highest BCUT2D eigenvalue weighted by molar-refractivity contribution is 7.12. The van der Waals surface area contributed by atoms with E-state index in [2.05, 4.69) is 27.8 Å². The first-order chi connectivity index (χ1) is 13.6. The molecule has 0 fully saturated rings. The third-order valence-electron chi connectivity index (χ3n) is 4.15. The molecule has 1 aromatic heterocycles. The molecular weight excluding hydrogens is 368 g/mol. The fraction of sp³-hybridized carbons (Fsp3) is 0.182. The van der Waals surface area contributed by atoms with Gasteiger partial charge in [-0.3, -0.25) is 4.79 Å². The summed E-state index contributed by atoms with van der Waals surface area (Å²) in [5.74, 6) is 0.491. The number of amides is 1. The van der Waals surface area contributed by atoms with Crippen molar-refractivity contribution >= 4 is 34.5 Å². The highest BCUT2D eigenvalue weighted by atomic mass is 32.1. The maximum Gasteiger partial charge on any atom is 0.221 e. The summed E-state index contributed by atoms with van der Waals surface area (Å²) < 4.78 is 0. The van der Waals surface area contributed by atoms with Crippen LogP contribution in [0.5, 0.6) is 0 Å². The number of carbonyl (C=O) groups excluding carboxylic acids is 1. The Kier molecular flexibility index (Phi) is 6.94. The molecule has 0 radical (unpaired) electrons. The number of hydrogen-bond acceptors (Lipinski definition) is 4. The smallest absolute Gasteiger partial charge is 0.221 e. The fourth-order valence-electron chi connectivity index (χ4n) is 2.73. The predicted octanol–water partition coefficient (Wildman–Crippen LogP) is 4.08. The third-order valence-corrected chi connectivity index (χ3v) is 5.05. The maximum atomic E-state index is 11.0. The summed E-state index contributed by atoms with van der Waals surface area (Å²) in [5.41, 5.74) is 10.1. The average molecular weight is 393 g/mol. The van der Waals surface area contributed by atoms with Gasteiger partial charge >= 0.3 is 0 Å². The van der Waals surface area contributed by atoms with Crippen molar-refractivity contribution in [3.8, 4) is 0 Å². The normalized spacial score (nSPS) is 11.4. The Labute approximate surface area is 169 Å². The molecule has 0 unspecified atom stereocenters. The molecule has 3 rings (SSSR count). The van der Waals surface area contributed by atoms with Gasteiger partial charge in [-0.1, -0.05) is 30.3 Å². The Balaban J connectivity index is 1.44. The second kappa shape index (κ2) is 9.82. The fourth-order valence-corrected chi connectivity index (χ4v) is 3.36. The van der Waals surface area contributed by atoms with Crippen LogP contribution in [-0.4, -0.2) is 18.3 Å². The van der Waals surface area contributed by atoms with Gasteiger partial charge in [0.1, 0.15) is 5.84 Å². The lowest BCUT2D eigenvalue weighted by molar-refractivity contribution is -0.114. The van der Waals surface area contributed by atoms with Crippen molar-refractivity contribution in [1.29, 1.82) is 0 Å². The molecule has 28 heavy (non-hydrogen) atoms. The number of nitrogens with two attached hydrogens (primary N) is 1. The molecule has 0 spiro atoms. The number of carbonyl (C=O) groups is 1. The van der Waals surface area contributed by atoms with Gasteiger partial charge in [-0.15, -0.1) is 11.3 Å². The molecule has 5 nitrogen and oxygen atoms in total. The standard InChI is InChI=1S/C22H24N4OS/c1-16(27)25-19-10-6-18(7-11-19)15-24-13-12-17-4-8-20(9-5-17)26-22(23)21-3-2-14-28-21/h2-11,14,24H,12-13,15H2,1H3,(H2,23,26)(H,25,27). The van der Waals surface area contributed by atoms with Gasteiger partial charge in [0, 0.05) is 19.2 Å². The summed E-state index contributed by atoms with van der Waals surface area (Å²) in [6.07, 6.45) is 0.939. The van der Waals surface area contributed by atoms with Gasteiger partial charge in [0.25, 0.3) is 0 Å². The molecule has 0 saturated carbocycles. The van der Waals surface area contributed by atoms with Gasteiger partial charge in [-0.25, -0.2) is 4.99 Å². The lowest BCUT2D eigenvalue weighted by Crippen LogP contribution is -2.16. The van der Waals surface area contributed by atoms with Crippen molar-refractivity contribution < 1.29 is 4.79 Å². The molecule has 6 heteroatoms. The highest BCUT2D eigenvalue weighted by Crippen LogP contribution is 2.16. The number of nitrogens with one attached hydrogen (secondary N) is 2. The van der Waals surface area contributed by atoms with Crippen LogP contribution >= 0.6 is 11.3 Å². The van der Waals surface area contributed by atoms with Crippen LogP contribution in [0.15, 0.2) is 71.0 Å². The first-order valence-electron chi connectivity index (χ1n) is 9.14. The predicted molar refractivity (Wildman–Crippen MR) is 117 cm³/mol. The van der Waals surface area contributed by atoms with Crippen LogP contribution in [0.3, 0.4) is 0 Å². The van der Waals surface area contributed by atoms with E-state index in [4.69, 9.17) is 5.73 Å². The molecule has 144 valence electrons. The summed E-state index contributed by atoms with van der Waals surface area (Å²) in [6.45, 7) is 3.18. The number of hydrogen-bond donors (Lipinski definition) is 3. The molecule has 1 heterocycles. The minimum Gasteiger partial charge on any atom is -0.383 e. The first-order valence-corrected chi connectivity index (χ1v) is 10.0. The van der Waals surface area contributed by atoms with E-state index >= 15 is 0 Å². The Morgan fingerprint density at radius 1 is 1.04 bits per heavy atom. The van der Waals surface area contributed by atoms with Crippen molar-refractivity contribution in [2.24, 2.45) is 10.7 Å². The molecule has 0 aliphatic carbocycles. The van der Waals surface area contributed by atoms with Crippen LogP contribution in [-0.2, 0) is 17.8 Å². The highest BCUT2D eigenvalue weighted by Gasteiger charge is 2.01. The number of aliphatic imine (C=N–C) groups is 1. The quantitative estimate of drug-likeness (QED) is 0.307. The van der Waals surface area contributed by atoms with E-state index in [-0.39, 0.29) is 5.91 Å². The molecule has 4 N–H and O–H groups in total. The molecule has 0 saturated heterocycles. The van der Waals surface area contributed by atoms with Gasteiger partial charge in [0.05, 0.1) is 10.6 Å². The minimum absolute atomic E-state index is 0.0585. The number of thiophene rings is 1. The second-order valence-electron chi connectivity index (χ2n) is 6.45. The van der Waals surface area contributed by atoms with E-state index < -0.39 is 0 Å². The lowest BCUT2D eigenvalue weighted by atomic mass is 10.1. The van der Waals surface area contributed by atoms with Crippen LogP contribution in [0.2, 0.25) is 0 Å². The third kappa shape index (κ3) is 6.04. The van der Waals surface area contributed by atoms with Crippen LogP contribution in [0, 0.1) is 0 Å². The van der Waals surface area contributed by atoms with Crippen molar-refractivity contribution in [2.45, 2.75) is 19.9 Å². The van der Waals surface area contributed by atoms with E-state index in [1.807, 2.05) is 53.9 Å². The second-order valence-corrected chi connectivity index (χ2v) is 7.39. The largest absolute Gasteiger partial charge is 0.383 e. The summed E-state index contributed by atoms with van der Waals surface area (Å²) in [7, 11) is 0. The van der Waals surface area contributed by atoms with Crippen molar-refractivity contribution in [3.63, 3.8) is 0 Å². The van der Waals surface area contributed by atoms with E-state index in [9.17, 15) is 4.79 Å². The molecule has 3 aromatic rings. The molecule has 0 aliphatic heterocycles. The molecule has 1 amide bonds. The van der Waals surface area contributed by atoms with Gasteiger partial charge in [-0.05, 0) is 59.8 Å². The number of rotatable bonds is 8.